The Morgan fingerprint density at radius 2 is 1.65 bits per heavy atom. The molecular weight excluding hydrogens is 210 g/mol. The van der Waals surface area contributed by atoms with Crippen molar-refractivity contribution in [2.24, 2.45) is 4.99 Å². The van der Waals surface area contributed by atoms with Crippen LogP contribution in [0.2, 0.25) is 0 Å². The van der Waals surface area contributed by atoms with Crippen LogP contribution in [0.15, 0.2) is 47.5 Å². The Kier molecular flexibility index (Phi) is 3.24. The SMILES string of the molecule is C=Nc1ccc(-c2ccc(OC)cc2)cc1C. The molecule has 86 valence electrons. The second-order valence-corrected chi connectivity index (χ2v) is 3.89. The zero-order chi connectivity index (χ0) is 12.3. The highest BCUT2D eigenvalue weighted by Gasteiger charge is 2.01. The largest absolute Gasteiger partial charge is 0.497 e. The molecule has 0 aromatic heterocycles. The Hall–Kier alpha value is -2.09. The van der Waals surface area contributed by atoms with Crippen molar-refractivity contribution in [3.05, 3.63) is 48.0 Å². The normalized spacial score (nSPS) is 10.0. The van der Waals surface area contributed by atoms with E-state index >= 15 is 0 Å². The van der Waals surface area contributed by atoms with Crippen LogP contribution in [-0.2, 0) is 0 Å². The van der Waals surface area contributed by atoms with E-state index < -0.39 is 0 Å². The maximum Gasteiger partial charge on any atom is 0.118 e. The Morgan fingerprint density at radius 3 is 2.18 bits per heavy atom. The summed E-state index contributed by atoms with van der Waals surface area (Å²) in [6.07, 6.45) is 0. The molecule has 2 aromatic carbocycles. The summed E-state index contributed by atoms with van der Waals surface area (Å²) in [7, 11) is 1.67. The van der Waals surface area contributed by atoms with Gasteiger partial charge in [0.1, 0.15) is 5.75 Å². The molecule has 2 aromatic rings. The van der Waals surface area contributed by atoms with Gasteiger partial charge < -0.3 is 4.74 Å². The van der Waals surface area contributed by atoms with Crippen LogP contribution in [0, 0.1) is 6.92 Å². The van der Waals surface area contributed by atoms with E-state index in [2.05, 4.69) is 36.0 Å². The molecular formula is C15H15NO. The fraction of sp³-hybridized carbons (Fsp3) is 0.133. The van der Waals surface area contributed by atoms with E-state index in [-0.39, 0.29) is 0 Å². The maximum absolute atomic E-state index is 5.14. The number of methoxy groups -OCH3 is 1. The fourth-order valence-electron chi connectivity index (χ4n) is 1.80. The molecule has 0 saturated heterocycles. The van der Waals surface area contributed by atoms with E-state index in [1.54, 1.807) is 7.11 Å². The first-order chi connectivity index (χ1) is 8.24. The minimum absolute atomic E-state index is 0.870. The van der Waals surface area contributed by atoms with Gasteiger partial charge >= 0.3 is 0 Å². The molecule has 0 radical (unpaired) electrons. The zero-order valence-corrected chi connectivity index (χ0v) is 10.1. The van der Waals surface area contributed by atoms with Crippen molar-refractivity contribution >= 4 is 12.4 Å². The van der Waals surface area contributed by atoms with Gasteiger partial charge in [0.2, 0.25) is 0 Å². The lowest BCUT2D eigenvalue weighted by molar-refractivity contribution is 0.415. The minimum Gasteiger partial charge on any atom is -0.497 e. The average molecular weight is 225 g/mol. The number of ether oxygens (including phenoxy) is 1. The van der Waals surface area contributed by atoms with Crippen molar-refractivity contribution in [1.82, 2.24) is 0 Å². The molecule has 0 aliphatic heterocycles. The molecule has 17 heavy (non-hydrogen) atoms. The molecule has 0 aliphatic rings. The lowest BCUT2D eigenvalue weighted by Gasteiger charge is -2.06. The number of hydrogen-bond acceptors (Lipinski definition) is 2. The first-order valence-corrected chi connectivity index (χ1v) is 5.46. The van der Waals surface area contributed by atoms with E-state index in [1.165, 1.54) is 11.1 Å². The van der Waals surface area contributed by atoms with Crippen LogP contribution in [0.5, 0.6) is 5.75 Å². The van der Waals surface area contributed by atoms with Gasteiger partial charge in [-0.1, -0.05) is 18.2 Å². The molecule has 0 atom stereocenters. The van der Waals surface area contributed by atoms with Crippen molar-refractivity contribution in [2.45, 2.75) is 6.92 Å². The first-order valence-electron chi connectivity index (χ1n) is 5.46. The van der Waals surface area contributed by atoms with Gasteiger partial charge in [0, 0.05) is 0 Å². The number of nitrogens with zero attached hydrogens (tertiary/aromatic N) is 1. The summed E-state index contributed by atoms with van der Waals surface area (Å²) in [4.78, 5) is 3.96. The summed E-state index contributed by atoms with van der Waals surface area (Å²) in [6, 6.07) is 14.2. The topological polar surface area (TPSA) is 21.6 Å². The van der Waals surface area contributed by atoms with E-state index in [9.17, 15) is 0 Å². The standard InChI is InChI=1S/C15H15NO/c1-11-10-13(6-9-15(11)16-2)12-4-7-14(17-3)8-5-12/h4-10H,2H2,1,3H3. The third-order valence-electron chi connectivity index (χ3n) is 2.79. The number of hydrogen-bond donors (Lipinski definition) is 0. The summed E-state index contributed by atoms with van der Waals surface area (Å²) < 4.78 is 5.14. The third kappa shape index (κ3) is 2.36. The molecule has 0 fully saturated rings. The van der Waals surface area contributed by atoms with E-state index in [1.807, 2.05) is 25.1 Å². The quantitative estimate of drug-likeness (QED) is 0.723. The summed E-state index contributed by atoms with van der Waals surface area (Å²) >= 11 is 0. The van der Waals surface area contributed by atoms with Crippen molar-refractivity contribution in [3.63, 3.8) is 0 Å². The smallest absolute Gasteiger partial charge is 0.118 e. The highest BCUT2D eigenvalue weighted by molar-refractivity contribution is 5.68. The van der Waals surface area contributed by atoms with Crippen LogP contribution < -0.4 is 4.74 Å². The summed E-state index contributed by atoms with van der Waals surface area (Å²) in [5, 5.41) is 0. The number of aryl methyl sites for hydroxylation is 1. The van der Waals surface area contributed by atoms with Gasteiger partial charge in [-0.3, -0.25) is 4.99 Å². The average Bonchev–Trinajstić information content (AvgIpc) is 2.39. The Morgan fingerprint density at radius 1 is 1.00 bits per heavy atom. The molecule has 2 rings (SSSR count). The van der Waals surface area contributed by atoms with Crippen LogP contribution in [0.25, 0.3) is 11.1 Å². The predicted molar refractivity (Wildman–Crippen MR) is 72.4 cm³/mol. The van der Waals surface area contributed by atoms with Crippen LogP contribution in [0.3, 0.4) is 0 Å². The maximum atomic E-state index is 5.14. The van der Waals surface area contributed by atoms with Gasteiger partial charge in [-0.05, 0) is 54.6 Å². The number of benzene rings is 2. The number of aliphatic imine (C=N–C) groups is 1. The Balaban J connectivity index is 2.38. The predicted octanol–water partition coefficient (Wildman–Crippen LogP) is 4.00. The van der Waals surface area contributed by atoms with Crippen LogP contribution in [-0.4, -0.2) is 13.8 Å². The van der Waals surface area contributed by atoms with Gasteiger partial charge in [0.15, 0.2) is 0 Å². The molecule has 0 N–H and O–H groups in total. The van der Waals surface area contributed by atoms with E-state index in [0.717, 1.165) is 17.0 Å². The van der Waals surface area contributed by atoms with Crippen molar-refractivity contribution in [1.29, 1.82) is 0 Å². The highest BCUT2D eigenvalue weighted by Crippen LogP contribution is 2.27. The van der Waals surface area contributed by atoms with Gasteiger partial charge in [0.05, 0.1) is 12.8 Å². The summed E-state index contributed by atoms with van der Waals surface area (Å²) in [6.45, 7) is 5.59. The van der Waals surface area contributed by atoms with Gasteiger partial charge in [0.25, 0.3) is 0 Å². The van der Waals surface area contributed by atoms with Crippen LogP contribution >= 0.6 is 0 Å². The molecule has 0 saturated carbocycles. The van der Waals surface area contributed by atoms with Crippen molar-refractivity contribution in [3.8, 4) is 16.9 Å². The molecule has 2 nitrogen and oxygen atoms in total. The number of rotatable bonds is 3. The highest BCUT2D eigenvalue weighted by atomic mass is 16.5. The molecule has 0 unspecified atom stereocenters. The second-order valence-electron chi connectivity index (χ2n) is 3.89. The van der Waals surface area contributed by atoms with Crippen LogP contribution in [0.4, 0.5) is 5.69 Å². The molecule has 0 heterocycles. The van der Waals surface area contributed by atoms with Crippen LogP contribution in [0.1, 0.15) is 5.56 Å². The fourth-order valence-corrected chi connectivity index (χ4v) is 1.80. The van der Waals surface area contributed by atoms with Gasteiger partial charge in [-0.25, -0.2) is 0 Å². The Labute approximate surface area is 102 Å². The van der Waals surface area contributed by atoms with E-state index in [0.29, 0.717) is 0 Å². The molecule has 0 bridgehead atoms. The lowest BCUT2D eigenvalue weighted by atomic mass is 10.0. The molecule has 0 amide bonds. The lowest BCUT2D eigenvalue weighted by Crippen LogP contribution is -1.83. The second kappa shape index (κ2) is 4.83. The van der Waals surface area contributed by atoms with Gasteiger partial charge in [-0.2, -0.15) is 0 Å². The van der Waals surface area contributed by atoms with Crippen molar-refractivity contribution < 1.29 is 4.74 Å². The van der Waals surface area contributed by atoms with E-state index in [4.69, 9.17) is 4.74 Å². The van der Waals surface area contributed by atoms with Gasteiger partial charge in [-0.15, -0.1) is 0 Å². The minimum atomic E-state index is 0.870. The Bertz CT molecular complexity index is 529. The summed E-state index contributed by atoms with van der Waals surface area (Å²) in [5.41, 5.74) is 4.41. The summed E-state index contributed by atoms with van der Waals surface area (Å²) in [5.74, 6) is 0.870. The molecule has 0 spiro atoms. The molecule has 2 heteroatoms. The first kappa shape index (κ1) is 11.4. The molecule has 0 aliphatic carbocycles. The third-order valence-corrected chi connectivity index (χ3v) is 2.79. The zero-order valence-electron chi connectivity index (χ0n) is 10.1. The monoisotopic (exact) mass is 225 g/mol. The van der Waals surface area contributed by atoms with Crippen molar-refractivity contribution in [2.75, 3.05) is 7.11 Å².